The van der Waals surface area contributed by atoms with Gasteiger partial charge in [-0.2, -0.15) is 0 Å². The predicted octanol–water partition coefficient (Wildman–Crippen LogP) is 3.26. The Kier molecular flexibility index (Phi) is 3.55. The quantitative estimate of drug-likeness (QED) is 0.863. The molecule has 1 aliphatic carbocycles. The van der Waals surface area contributed by atoms with Crippen molar-refractivity contribution in [3.05, 3.63) is 29.3 Å². The monoisotopic (exact) mass is 245 g/mol. The lowest BCUT2D eigenvalue weighted by Gasteiger charge is -2.34. The van der Waals surface area contributed by atoms with Crippen molar-refractivity contribution >= 4 is 0 Å². The molecule has 1 aliphatic heterocycles. The fraction of sp³-hybridized carbons (Fsp3) is 0.625. The molecule has 0 amide bonds. The topological polar surface area (TPSA) is 21.3 Å². The smallest absolute Gasteiger partial charge is 0.126 e. The van der Waals surface area contributed by atoms with Crippen LogP contribution in [0, 0.1) is 0 Å². The molecule has 0 spiro atoms. The zero-order valence-corrected chi connectivity index (χ0v) is 11.2. The number of para-hydroxylation sites is 1. The van der Waals surface area contributed by atoms with Crippen molar-refractivity contribution in [1.29, 1.82) is 0 Å². The van der Waals surface area contributed by atoms with Crippen LogP contribution >= 0.6 is 0 Å². The van der Waals surface area contributed by atoms with Crippen LogP contribution in [0.1, 0.15) is 49.1 Å². The first-order valence-electron chi connectivity index (χ1n) is 7.32. The number of hydrogen-bond donors (Lipinski definition) is 1. The molecule has 1 fully saturated rings. The number of benzene rings is 1. The third-order valence-electron chi connectivity index (χ3n) is 4.50. The largest absolute Gasteiger partial charge is 0.493 e. The van der Waals surface area contributed by atoms with Gasteiger partial charge >= 0.3 is 0 Å². The van der Waals surface area contributed by atoms with E-state index in [1.165, 1.54) is 49.0 Å². The lowest BCUT2D eigenvalue weighted by atomic mass is 9.79. The van der Waals surface area contributed by atoms with Gasteiger partial charge in [0.05, 0.1) is 6.61 Å². The molecule has 3 rings (SSSR count). The number of nitrogens with one attached hydrogen (secondary N) is 1. The van der Waals surface area contributed by atoms with E-state index in [1.54, 1.807) is 0 Å². The number of fused-ring (bicyclic) bond motifs is 1. The average Bonchev–Trinajstić information content (AvgIpc) is 2.46. The van der Waals surface area contributed by atoms with Crippen LogP contribution < -0.4 is 10.1 Å². The standard InChI is InChI=1S/C16H23NO/c1-17-15-10-3-2-8-13(15)14-9-4-6-12-7-5-11-18-16(12)14/h4,6,9,13,15,17H,2-3,5,7-8,10-11H2,1H3. The maximum atomic E-state index is 5.97. The highest BCUT2D eigenvalue weighted by molar-refractivity contribution is 5.45. The Morgan fingerprint density at radius 1 is 1.17 bits per heavy atom. The highest BCUT2D eigenvalue weighted by atomic mass is 16.5. The van der Waals surface area contributed by atoms with Gasteiger partial charge in [0, 0.05) is 12.0 Å². The molecule has 2 heteroatoms. The molecule has 2 unspecified atom stereocenters. The molecule has 2 aliphatic rings. The minimum atomic E-state index is 0.621. The molecule has 0 aromatic heterocycles. The summed E-state index contributed by atoms with van der Waals surface area (Å²) in [6.45, 7) is 0.890. The number of aryl methyl sites for hydroxylation is 1. The second kappa shape index (κ2) is 5.31. The van der Waals surface area contributed by atoms with Crippen molar-refractivity contribution in [3.63, 3.8) is 0 Å². The van der Waals surface area contributed by atoms with Crippen LogP contribution in [0.2, 0.25) is 0 Å². The third-order valence-corrected chi connectivity index (χ3v) is 4.50. The van der Waals surface area contributed by atoms with Crippen molar-refractivity contribution in [1.82, 2.24) is 5.32 Å². The first-order chi connectivity index (χ1) is 8.90. The molecular weight excluding hydrogens is 222 g/mol. The van der Waals surface area contributed by atoms with Crippen LogP contribution in [0.3, 0.4) is 0 Å². The molecule has 1 aromatic carbocycles. The normalized spacial score (nSPS) is 27.4. The first kappa shape index (κ1) is 12.0. The number of ether oxygens (including phenoxy) is 1. The highest BCUT2D eigenvalue weighted by Gasteiger charge is 2.29. The van der Waals surface area contributed by atoms with Crippen LogP contribution in [0.15, 0.2) is 18.2 Å². The third kappa shape index (κ3) is 2.14. The second-order valence-corrected chi connectivity index (χ2v) is 5.57. The number of likely N-dealkylation sites (N-methyl/N-ethyl adjacent to an activating group) is 1. The van der Waals surface area contributed by atoms with E-state index in [9.17, 15) is 0 Å². The van der Waals surface area contributed by atoms with Crippen LogP contribution in [0.5, 0.6) is 5.75 Å². The molecule has 1 aromatic rings. The van der Waals surface area contributed by atoms with E-state index in [0.29, 0.717) is 12.0 Å². The molecule has 1 saturated carbocycles. The van der Waals surface area contributed by atoms with Crippen LogP contribution in [-0.2, 0) is 6.42 Å². The summed E-state index contributed by atoms with van der Waals surface area (Å²) < 4.78 is 5.97. The van der Waals surface area contributed by atoms with Gasteiger partial charge in [0.1, 0.15) is 5.75 Å². The van der Waals surface area contributed by atoms with E-state index in [2.05, 4.69) is 30.6 Å². The fourth-order valence-electron chi connectivity index (χ4n) is 3.56. The second-order valence-electron chi connectivity index (χ2n) is 5.57. The van der Waals surface area contributed by atoms with E-state index in [0.717, 1.165) is 13.0 Å². The zero-order chi connectivity index (χ0) is 12.4. The summed E-state index contributed by atoms with van der Waals surface area (Å²) in [6.07, 6.45) is 7.65. The molecule has 0 radical (unpaired) electrons. The summed E-state index contributed by atoms with van der Waals surface area (Å²) in [6, 6.07) is 7.35. The summed E-state index contributed by atoms with van der Waals surface area (Å²) in [4.78, 5) is 0. The minimum Gasteiger partial charge on any atom is -0.493 e. The van der Waals surface area contributed by atoms with Crippen LogP contribution in [0.4, 0.5) is 0 Å². The van der Waals surface area contributed by atoms with Crippen LogP contribution in [0.25, 0.3) is 0 Å². The first-order valence-corrected chi connectivity index (χ1v) is 7.32. The van der Waals surface area contributed by atoms with Crippen molar-refractivity contribution in [3.8, 4) is 5.75 Å². The van der Waals surface area contributed by atoms with Gasteiger partial charge in [0.25, 0.3) is 0 Å². The van der Waals surface area contributed by atoms with Gasteiger partial charge in [0.15, 0.2) is 0 Å². The van der Waals surface area contributed by atoms with Gasteiger partial charge in [-0.25, -0.2) is 0 Å². The molecular formula is C16H23NO. The zero-order valence-electron chi connectivity index (χ0n) is 11.2. The lowest BCUT2D eigenvalue weighted by Crippen LogP contribution is -2.35. The Bertz CT molecular complexity index is 416. The summed E-state index contributed by atoms with van der Waals surface area (Å²) in [5.41, 5.74) is 2.87. The molecule has 18 heavy (non-hydrogen) atoms. The van der Waals surface area contributed by atoms with Crippen molar-refractivity contribution in [2.45, 2.75) is 50.5 Å². The Morgan fingerprint density at radius 3 is 2.94 bits per heavy atom. The van der Waals surface area contributed by atoms with Gasteiger partial charge in [-0.3, -0.25) is 0 Å². The number of hydrogen-bond acceptors (Lipinski definition) is 2. The van der Waals surface area contributed by atoms with E-state index in [1.807, 2.05) is 0 Å². The molecule has 1 heterocycles. The molecule has 1 N–H and O–H groups in total. The van der Waals surface area contributed by atoms with E-state index < -0.39 is 0 Å². The lowest BCUT2D eigenvalue weighted by molar-refractivity contribution is 0.273. The van der Waals surface area contributed by atoms with Crippen LogP contribution in [-0.4, -0.2) is 19.7 Å². The van der Waals surface area contributed by atoms with Crippen molar-refractivity contribution in [2.75, 3.05) is 13.7 Å². The summed E-state index contributed by atoms with van der Waals surface area (Å²) in [5, 5.41) is 3.50. The van der Waals surface area contributed by atoms with E-state index in [4.69, 9.17) is 4.74 Å². The minimum absolute atomic E-state index is 0.621. The Labute approximate surface area is 110 Å². The van der Waals surface area contributed by atoms with Crippen molar-refractivity contribution in [2.24, 2.45) is 0 Å². The summed E-state index contributed by atoms with van der Waals surface area (Å²) >= 11 is 0. The van der Waals surface area contributed by atoms with Gasteiger partial charge < -0.3 is 10.1 Å². The van der Waals surface area contributed by atoms with E-state index >= 15 is 0 Å². The fourth-order valence-corrected chi connectivity index (χ4v) is 3.56. The average molecular weight is 245 g/mol. The van der Waals surface area contributed by atoms with Gasteiger partial charge in [0.2, 0.25) is 0 Å². The molecule has 98 valence electrons. The predicted molar refractivity (Wildman–Crippen MR) is 74.3 cm³/mol. The number of rotatable bonds is 2. The Morgan fingerprint density at radius 2 is 2.06 bits per heavy atom. The van der Waals surface area contributed by atoms with Gasteiger partial charge in [-0.1, -0.05) is 31.0 Å². The maximum Gasteiger partial charge on any atom is 0.126 e. The Balaban J connectivity index is 1.95. The summed E-state index contributed by atoms with van der Waals surface area (Å²) in [7, 11) is 2.10. The Hall–Kier alpha value is -1.02. The maximum absolute atomic E-state index is 5.97. The van der Waals surface area contributed by atoms with Gasteiger partial charge in [-0.15, -0.1) is 0 Å². The van der Waals surface area contributed by atoms with E-state index in [-0.39, 0.29) is 0 Å². The molecule has 0 bridgehead atoms. The summed E-state index contributed by atoms with van der Waals surface area (Å²) in [5.74, 6) is 1.84. The van der Waals surface area contributed by atoms with Gasteiger partial charge in [-0.05, 0) is 43.9 Å². The highest BCUT2D eigenvalue weighted by Crippen LogP contribution is 2.40. The molecule has 2 atom stereocenters. The van der Waals surface area contributed by atoms with Crippen molar-refractivity contribution < 1.29 is 4.74 Å². The SMILES string of the molecule is CNC1CCCCC1c1cccc2c1OCCC2. The molecule has 2 nitrogen and oxygen atoms in total. The molecule has 0 saturated heterocycles.